The van der Waals surface area contributed by atoms with E-state index in [1.54, 1.807) is 24.3 Å². The number of rotatable bonds is 9. The van der Waals surface area contributed by atoms with E-state index in [2.05, 4.69) is 10.6 Å². The van der Waals surface area contributed by atoms with Crippen LogP contribution in [0.2, 0.25) is 0 Å². The first-order valence-corrected chi connectivity index (χ1v) is 8.47. The van der Waals surface area contributed by atoms with Crippen LogP contribution in [-0.2, 0) is 25.5 Å². The Balaban J connectivity index is 1.62. The summed E-state index contributed by atoms with van der Waals surface area (Å²) >= 11 is 0. The van der Waals surface area contributed by atoms with Crippen LogP contribution in [0, 0.1) is 0 Å². The Bertz CT molecular complexity index is 777. The van der Waals surface area contributed by atoms with E-state index in [-0.39, 0.29) is 25.3 Å². The molecule has 0 unspecified atom stereocenters. The Morgan fingerprint density at radius 3 is 2.48 bits per heavy atom. The topological polar surface area (TPSA) is 93.7 Å². The first-order chi connectivity index (χ1) is 13.1. The smallest absolute Gasteiger partial charge is 0.308 e. The predicted molar refractivity (Wildman–Crippen MR) is 100 cm³/mol. The lowest BCUT2D eigenvalue weighted by molar-refractivity contribution is -0.147. The Labute approximate surface area is 157 Å². The van der Waals surface area contributed by atoms with Crippen LogP contribution in [0.15, 0.2) is 54.6 Å². The summed E-state index contributed by atoms with van der Waals surface area (Å²) in [4.78, 5) is 35.2. The average molecular weight is 370 g/mol. The van der Waals surface area contributed by atoms with Gasteiger partial charge in [0.2, 0.25) is 5.91 Å². The zero-order chi connectivity index (χ0) is 19.5. The second-order valence-corrected chi connectivity index (χ2v) is 5.70. The average Bonchev–Trinajstić information content (AvgIpc) is 2.67. The molecule has 7 nitrogen and oxygen atoms in total. The predicted octanol–water partition coefficient (Wildman–Crippen LogP) is 1.93. The highest BCUT2D eigenvalue weighted by Crippen LogP contribution is 2.16. The lowest BCUT2D eigenvalue weighted by Gasteiger charge is -2.08. The minimum atomic E-state index is -0.559. The molecule has 0 atom stereocenters. The number of carbonyl (C=O) groups excluding carboxylic acids is 3. The summed E-state index contributed by atoms with van der Waals surface area (Å²) in [7, 11) is 1.53. The molecular weight excluding hydrogens is 348 g/mol. The summed E-state index contributed by atoms with van der Waals surface area (Å²) in [6.45, 7) is -0.240. The summed E-state index contributed by atoms with van der Waals surface area (Å²) in [6.07, 6.45) is 0.242. The maximum atomic E-state index is 11.8. The number of carbonyl (C=O) groups is 3. The van der Waals surface area contributed by atoms with Gasteiger partial charge in [0.15, 0.2) is 6.61 Å². The molecular formula is C20H22N2O5. The Morgan fingerprint density at radius 1 is 0.963 bits per heavy atom. The van der Waals surface area contributed by atoms with Crippen LogP contribution in [0.1, 0.15) is 12.0 Å². The zero-order valence-corrected chi connectivity index (χ0v) is 15.1. The standard InChI is InChI=1S/C20H22N2O5/c1-26-17-9-5-8-16(13-17)22-19(24)14-27-20(25)10-11-21-18(23)12-15-6-3-2-4-7-15/h2-9,13H,10-12,14H2,1H3,(H,21,23)(H,22,24). The summed E-state index contributed by atoms with van der Waals surface area (Å²) in [5.74, 6) is -0.582. The van der Waals surface area contributed by atoms with Gasteiger partial charge < -0.3 is 20.1 Å². The molecule has 0 bridgehead atoms. The molecule has 0 heterocycles. The van der Waals surface area contributed by atoms with E-state index in [1.807, 2.05) is 30.3 Å². The SMILES string of the molecule is COc1cccc(NC(=O)COC(=O)CCNC(=O)Cc2ccccc2)c1. The maximum absolute atomic E-state index is 11.8. The molecule has 0 aliphatic carbocycles. The Kier molecular flexibility index (Phi) is 7.84. The van der Waals surface area contributed by atoms with Gasteiger partial charge in [0.25, 0.3) is 5.91 Å². The molecule has 0 fully saturated rings. The van der Waals surface area contributed by atoms with Crippen LogP contribution >= 0.6 is 0 Å². The van der Waals surface area contributed by atoms with Crippen molar-refractivity contribution in [1.29, 1.82) is 0 Å². The third-order valence-electron chi connectivity index (χ3n) is 3.58. The number of methoxy groups -OCH3 is 1. The van der Waals surface area contributed by atoms with Gasteiger partial charge >= 0.3 is 5.97 Å². The minimum absolute atomic E-state index is 0.00697. The summed E-state index contributed by atoms with van der Waals surface area (Å²) < 4.78 is 9.96. The molecule has 142 valence electrons. The van der Waals surface area contributed by atoms with Crippen LogP contribution in [0.3, 0.4) is 0 Å². The van der Waals surface area contributed by atoms with Gasteiger partial charge in [-0.15, -0.1) is 0 Å². The van der Waals surface area contributed by atoms with Gasteiger partial charge in [-0.25, -0.2) is 0 Å². The van der Waals surface area contributed by atoms with Crippen molar-refractivity contribution >= 4 is 23.5 Å². The normalized spacial score (nSPS) is 9.96. The first kappa shape index (κ1) is 20.0. The largest absolute Gasteiger partial charge is 0.497 e. The lowest BCUT2D eigenvalue weighted by Crippen LogP contribution is -2.28. The molecule has 0 spiro atoms. The number of esters is 1. The summed E-state index contributed by atoms with van der Waals surface area (Å²) in [6, 6.07) is 16.1. The van der Waals surface area contributed by atoms with Gasteiger partial charge in [-0.05, 0) is 17.7 Å². The van der Waals surface area contributed by atoms with E-state index in [9.17, 15) is 14.4 Å². The van der Waals surface area contributed by atoms with Crippen LogP contribution < -0.4 is 15.4 Å². The van der Waals surface area contributed by atoms with Gasteiger partial charge in [0.05, 0.1) is 20.0 Å². The number of ether oxygens (including phenoxy) is 2. The fraction of sp³-hybridized carbons (Fsp3) is 0.250. The highest BCUT2D eigenvalue weighted by atomic mass is 16.5. The van der Waals surface area contributed by atoms with Crippen molar-refractivity contribution in [2.24, 2.45) is 0 Å². The van der Waals surface area contributed by atoms with Crippen LogP contribution in [0.4, 0.5) is 5.69 Å². The quantitative estimate of drug-likeness (QED) is 0.658. The van der Waals surface area contributed by atoms with Gasteiger partial charge in [-0.1, -0.05) is 36.4 Å². The number of hydrogen-bond donors (Lipinski definition) is 2. The van der Waals surface area contributed by atoms with Crippen molar-refractivity contribution in [3.05, 3.63) is 60.2 Å². The van der Waals surface area contributed by atoms with Crippen molar-refractivity contribution in [3.8, 4) is 5.75 Å². The molecule has 0 saturated heterocycles. The zero-order valence-electron chi connectivity index (χ0n) is 15.1. The molecule has 0 aliphatic heterocycles. The fourth-order valence-corrected chi connectivity index (χ4v) is 2.26. The van der Waals surface area contributed by atoms with Gasteiger partial charge in [-0.3, -0.25) is 14.4 Å². The van der Waals surface area contributed by atoms with Crippen LogP contribution in [0.5, 0.6) is 5.75 Å². The van der Waals surface area contributed by atoms with Crippen molar-refractivity contribution in [2.75, 3.05) is 25.6 Å². The number of benzene rings is 2. The second kappa shape index (κ2) is 10.6. The lowest BCUT2D eigenvalue weighted by atomic mass is 10.1. The molecule has 7 heteroatoms. The van der Waals surface area contributed by atoms with E-state index in [4.69, 9.17) is 9.47 Å². The van der Waals surface area contributed by atoms with E-state index in [1.165, 1.54) is 7.11 Å². The molecule has 0 saturated carbocycles. The fourth-order valence-electron chi connectivity index (χ4n) is 2.26. The van der Waals surface area contributed by atoms with E-state index < -0.39 is 18.5 Å². The summed E-state index contributed by atoms with van der Waals surface area (Å²) in [5, 5.41) is 5.26. The Hall–Kier alpha value is -3.35. The van der Waals surface area contributed by atoms with E-state index in [0.29, 0.717) is 11.4 Å². The van der Waals surface area contributed by atoms with Crippen molar-refractivity contribution in [2.45, 2.75) is 12.8 Å². The number of nitrogens with one attached hydrogen (secondary N) is 2. The third kappa shape index (κ3) is 7.60. The molecule has 2 N–H and O–H groups in total. The molecule has 2 rings (SSSR count). The van der Waals surface area contributed by atoms with Crippen molar-refractivity contribution < 1.29 is 23.9 Å². The third-order valence-corrected chi connectivity index (χ3v) is 3.58. The Morgan fingerprint density at radius 2 is 1.74 bits per heavy atom. The second-order valence-electron chi connectivity index (χ2n) is 5.70. The molecule has 2 aromatic rings. The maximum Gasteiger partial charge on any atom is 0.308 e. The molecule has 0 aromatic heterocycles. The van der Waals surface area contributed by atoms with Crippen molar-refractivity contribution in [3.63, 3.8) is 0 Å². The van der Waals surface area contributed by atoms with Gasteiger partial charge in [-0.2, -0.15) is 0 Å². The molecule has 2 aromatic carbocycles. The van der Waals surface area contributed by atoms with E-state index in [0.717, 1.165) is 5.56 Å². The van der Waals surface area contributed by atoms with E-state index >= 15 is 0 Å². The minimum Gasteiger partial charge on any atom is -0.497 e. The summed E-state index contributed by atoms with van der Waals surface area (Å²) in [5.41, 5.74) is 1.44. The first-order valence-electron chi connectivity index (χ1n) is 8.47. The monoisotopic (exact) mass is 370 g/mol. The highest BCUT2D eigenvalue weighted by Gasteiger charge is 2.09. The van der Waals surface area contributed by atoms with Crippen LogP contribution in [-0.4, -0.2) is 38.0 Å². The van der Waals surface area contributed by atoms with Crippen LogP contribution in [0.25, 0.3) is 0 Å². The molecule has 0 aliphatic rings. The van der Waals surface area contributed by atoms with Gasteiger partial charge in [0, 0.05) is 18.3 Å². The number of amides is 2. The highest BCUT2D eigenvalue weighted by molar-refractivity contribution is 5.93. The number of hydrogen-bond acceptors (Lipinski definition) is 5. The number of anilines is 1. The molecule has 2 amide bonds. The molecule has 0 radical (unpaired) electrons. The van der Waals surface area contributed by atoms with Gasteiger partial charge in [0.1, 0.15) is 5.75 Å². The molecule has 27 heavy (non-hydrogen) atoms. The van der Waals surface area contributed by atoms with Crippen molar-refractivity contribution in [1.82, 2.24) is 5.32 Å².